The molecule has 0 radical (unpaired) electrons. The Hall–Kier alpha value is -2.62. The van der Waals surface area contributed by atoms with Crippen LogP contribution in [0.2, 0.25) is 0 Å². The Balaban J connectivity index is 1.90. The first-order valence-corrected chi connectivity index (χ1v) is 7.94. The first-order valence-electron chi connectivity index (χ1n) is 7.94. The molecule has 2 aromatic rings. The smallest absolute Gasteiger partial charge is 0.339 e. The van der Waals surface area contributed by atoms with E-state index in [1.165, 1.54) is 0 Å². The first-order chi connectivity index (χ1) is 11.4. The number of carbonyl (C=O) groups excluding carboxylic acids is 2. The second-order valence-corrected chi connectivity index (χ2v) is 6.05. The first kappa shape index (κ1) is 17.7. The Morgan fingerprint density at radius 3 is 2.21 bits per heavy atom. The van der Waals surface area contributed by atoms with E-state index >= 15 is 0 Å². The molecule has 0 spiro atoms. The molecule has 0 bridgehead atoms. The zero-order valence-corrected chi connectivity index (χ0v) is 14.6. The van der Waals surface area contributed by atoms with Gasteiger partial charge in [0.05, 0.1) is 5.56 Å². The minimum atomic E-state index is -0.462. The van der Waals surface area contributed by atoms with E-state index in [9.17, 15) is 9.59 Å². The van der Waals surface area contributed by atoms with Crippen LogP contribution in [-0.2, 0) is 16.1 Å². The standard InChI is InChI=1S/C20H23NO3/c1-13-9-15(3)19(16(4)10-13)20(23)24-12-18(22)21-11-17-8-6-5-7-14(17)2/h5-10H,11-12H2,1-4H3,(H,21,22). The van der Waals surface area contributed by atoms with E-state index in [4.69, 9.17) is 4.74 Å². The van der Waals surface area contributed by atoms with Crippen LogP contribution >= 0.6 is 0 Å². The molecule has 0 aliphatic heterocycles. The van der Waals surface area contributed by atoms with Crippen LogP contribution in [0, 0.1) is 27.7 Å². The highest BCUT2D eigenvalue weighted by Gasteiger charge is 2.15. The lowest BCUT2D eigenvalue weighted by molar-refractivity contribution is -0.124. The number of esters is 1. The van der Waals surface area contributed by atoms with Gasteiger partial charge >= 0.3 is 5.97 Å². The predicted octanol–water partition coefficient (Wildman–Crippen LogP) is 3.39. The molecule has 0 aliphatic carbocycles. The van der Waals surface area contributed by atoms with E-state index in [1.807, 2.05) is 64.1 Å². The number of benzene rings is 2. The summed E-state index contributed by atoms with van der Waals surface area (Å²) in [5.74, 6) is -0.773. The largest absolute Gasteiger partial charge is 0.452 e. The molecule has 0 aromatic heterocycles. The van der Waals surface area contributed by atoms with Crippen molar-refractivity contribution in [3.8, 4) is 0 Å². The van der Waals surface area contributed by atoms with Gasteiger partial charge in [-0.1, -0.05) is 42.0 Å². The van der Waals surface area contributed by atoms with Gasteiger partial charge < -0.3 is 10.1 Å². The molecule has 0 heterocycles. The molecular weight excluding hydrogens is 302 g/mol. The lowest BCUT2D eigenvalue weighted by Gasteiger charge is -2.11. The van der Waals surface area contributed by atoms with Gasteiger partial charge in [0.1, 0.15) is 0 Å². The molecule has 0 unspecified atom stereocenters. The zero-order valence-electron chi connectivity index (χ0n) is 14.6. The lowest BCUT2D eigenvalue weighted by atomic mass is 10.00. The Morgan fingerprint density at radius 2 is 1.58 bits per heavy atom. The fraction of sp³-hybridized carbons (Fsp3) is 0.300. The highest BCUT2D eigenvalue weighted by Crippen LogP contribution is 2.17. The van der Waals surface area contributed by atoms with Crippen LogP contribution in [0.25, 0.3) is 0 Å². The molecule has 0 saturated carbocycles. The summed E-state index contributed by atoms with van der Waals surface area (Å²) in [6.45, 7) is 7.85. The van der Waals surface area contributed by atoms with Crippen LogP contribution in [0.3, 0.4) is 0 Å². The van der Waals surface area contributed by atoms with Gasteiger partial charge in [0.15, 0.2) is 6.61 Å². The van der Waals surface area contributed by atoms with Crippen molar-refractivity contribution >= 4 is 11.9 Å². The molecule has 126 valence electrons. The summed E-state index contributed by atoms with van der Waals surface area (Å²) in [6, 6.07) is 11.7. The molecule has 4 heteroatoms. The molecule has 0 aliphatic rings. The van der Waals surface area contributed by atoms with Crippen LogP contribution in [0.15, 0.2) is 36.4 Å². The number of hydrogen-bond acceptors (Lipinski definition) is 3. The summed E-state index contributed by atoms with van der Waals surface area (Å²) < 4.78 is 5.16. The van der Waals surface area contributed by atoms with E-state index in [2.05, 4.69) is 5.32 Å². The summed E-state index contributed by atoms with van der Waals surface area (Å²) in [7, 11) is 0. The van der Waals surface area contributed by atoms with Gasteiger partial charge in [0.2, 0.25) is 0 Å². The maximum atomic E-state index is 12.2. The average Bonchev–Trinajstić information content (AvgIpc) is 2.51. The average molecular weight is 325 g/mol. The van der Waals surface area contributed by atoms with Gasteiger partial charge in [-0.05, 0) is 49.9 Å². The maximum absolute atomic E-state index is 12.2. The van der Waals surface area contributed by atoms with E-state index in [1.54, 1.807) is 0 Å². The molecule has 2 rings (SSSR count). The number of ether oxygens (including phenoxy) is 1. The molecule has 1 amide bonds. The number of rotatable bonds is 5. The van der Waals surface area contributed by atoms with Crippen molar-refractivity contribution in [2.24, 2.45) is 0 Å². The number of carbonyl (C=O) groups is 2. The topological polar surface area (TPSA) is 55.4 Å². The fourth-order valence-corrected chi connectivity index (χ4v) is 2.76. The third kappa shape index (κ3) is 4.44. The summed E-state index contributed by atoms with van der Waals surface area (Å²) in [5, 5.41) is 2.77. The van der Waals surface area contributed by atoms with Crippen LogP contribution < -0.4 is 5.32 Å². The molecule has 4 nitrogen and oxygen atoms in total. The van der Waals surface area contributed by atoms with Crippen LogP contribution in [0.1, 0.15) is 38.2 Å². The van der Waals surface area contributed by atoms with Crippen molar-refractivity contribution in [3.05, 3.63) is 69.8 Å². The van der Waals surface area contributed by atoms with Crippen LogP contribution in [0.5, 0.6) is 0 Å². The van der Waals surface area contributed by atoms with Crippen LogP contribution in [0.4, 0.5) is 0 Å². The summed E-state index contributed by atoms with van der Waals surface area (Å²) in [5.41, 5.74) is 5.50. The lowest BCUT2D eigenvalue weighted by Crippen LogP contribution is -2.28. The number of nitrogens with one attached hydrogen (secondary N) is 1. The minimum Gasteiger partial charge on any atom is -0.452 e. The quantitative estimate of drug-likeness (QED) is 0.857. The molecular formula is C20H23NO3. The summed E-state index contributed by atoms with van der Waals surface area (Å²) in [4.78, 5) is 24.1. The minimum absolute atomic E-state index is 0.280. The second-order valence-electron chi connectivity index (χ2n) is 6.05. The second kappa shape index (κ2) is 7.77. The van der Waals surface area contributed by atoms with Gasteiger partial charge in [-0.3, -0.25) is 4.79 Å². The normalized spacial score (nSPS) is 10.3. The predicted molar refractivity (Wildman–Crippen MR) is 94.0 cm³/mol. The summed E-state index contributed by atoms with van der Waals surface area (Å²) in [6.07, 6.45) is 0. The molecule has 1 N–H and O–H groups in total. The Morgan fingerprint density at radius 1 is 0.958 bits per heavy atom. The maximum Gasteiger partial charge on any atom is 0.339 e. The van der Waals surface area contributed by atoms with Crippen molar-refractivity contribution in [1.29, 1.82) is 0 Å². The molecule has 0 fully saturated rings. The van der Waals surface area contributed by atoms with Crippen molar-refractivity contribution in [2.75, 3.05) is 6.61 Å². The zero-order chi connectivity index (χ0) is 17.7. The Kier molecular flexibility index (Phi) is 5.74. The van der Waals surface area contributed by atoms with Crippen molar-refractivity contribution in [1.82, 2.24) is 5.32 Å². The Bertz CT molecular complexity index is 742. The van der Waals surface area contributed by atoms with E-state index in [0.29, 0.717) is 12.1 Å². The van der Waals surface area contributed by atoms with Crippen molar-refractivity contribution in [2.45, 2.75) is 34.2 Å². The number of aryl methyl sites for hydroxylation is 4. The van der Waals surface area contributed by atoms with Crippen LogP contribution in [-0.4, -0.2) is 18.5 Å². The van der Waals surface area contributed by atoms with Gasteiger partial charge in [0, 0.05) is 6.54 Å². The Labute approximate surface area is 142 Å². The van der Waals surface area contributed by atoms with Gasteiger partial charge in [-0.2, -0.15) is 0 Å². The van der Waals surface area contributed by atoms with E-state index in [-0.39, 0.29) is 12.5 Å². The monoisotopic (exact) mass is 325 g/mol. The third-order valence-electron chi connectivity index (χ3n) is 3.95. The highest BCUT2D eigenvalue weighted by molar-refractivity contribution is 5.94. The molecule has 24 heavy (non-hydrogen) atoms. The number of amides is 1. The van der Waals surface area contributed by atoms with Gasteiger partial charge in [-0.15, -0.1) is 0 Å². The molecule has 2 aromatic carbocycles. The van der Waals surface area contributed by atoms with Crippen molar-refractivity contribution < 1.29 is 14.3 Å². The van der Waals surface area contributed by atoms with Crippen molar-refractivity contribution in [3.63, 3.8) is 0 Å². The SMILES string of the molecule is Cc1cc(C)c(C(=O)OCC(=O)NCc2ccccc2C)c(C)c1. The van der Waals surface area contributed by atoms with Gasteiger partial charge in [-0.25, -0.2) is 4.79 Å². The third-order valence-corrected chi connectivity index (χ3v) is 3.95. The number of hydrogen-bond donors (Lipinski definition) is 1. The molecule has 0 atom stereocenters. The van der Waals surface area contributed by atoms with E-state index < -0.39 is 5.97 Å². The highest BCUT2D eigenvalue weighted by atomic mass is 16.5. The summed E-state index contributed by atoms with van der Waals surface area (Å²) >= 11 is 0. The fourth-order valence-electron chi connectivity index (χ4n) is 2.76. The van der Waals surface area contributed by atoms with Gasteiger partial charge in [0.25, 0.3) is 5.91 Å². The van der Waals surface area contributed by atoms with E-state index in [0.717, 1.165) is 27.8 Å². The molecule has 0 saturated heterocycles.